The van der Waals surface area contributed by atoms with Crippen LogP contribution in [-0.4, -0.2) is 12.1 Å². The van der Waals surface area contributed by atoms with Crippen molar-refractivity contribution in [1.29, 1.82) is 0 Å². The lowest BCUT2D eigenvalue weighted by Crippen LogP contribution is -2.28. The molecule has 21 heavy (non-hydrogen) atoms. The number of aromatic nitrogens is 1. The molecular formula is C17H22N2OS. The third kappa shape index (κ3) is 3.11. The van der Waals surface area contributed by atoms with Gasteiger partial charge < -0.3 is 10.5 Å². The molecule has 0 fully saturated rings. The zero-order valence-corrected chi connectivity index (χ0v) is 13.7. The van der Waals surface area contributed by atoms with Gasteiger partial charge in [0.2, 0.25) is 0 Å². The minimum absolute atomic E-state index is 0.144. The van der Waals surface area contributed by atoms with Crippen LogP contribution >= 0.6 is 11.3 Å². The van der Waals surface area contributed by atoms with Gasteiger partial charge in [0, 0.05) is 17.3 Å². The van der Waals surface area contributed by atoms with E-state index in [1.165, 1.54) is 21.1 Å². The van der Waals surface area contributed by atoms with Gasteiger partial charge in [-0.1, -0.05) is 26.0 Å². The maximum absolute atomic E-state index is 6.32. The fourth-order valence-corrected chi connectivity index (χ4v) is 4.16. The van der Waals surface area contributed by atoms with Gasteiger partial charge in [-0.05, 0) is 36.0 Å². The van der Waals surface area contributed by atoms with Crippen LogP contribution in [-0.2, 0) is 12.8 Å². The quantitative estimate of drug-likeness (QED) is 0.940. The van der Waals surface area contributed by atoms with Crippen molar-refractivity contribution in [2.75, 3.05) is 7.11 Å². The summed E-state index contributed by atoms with van der Waals surface area (Å²) in [6, 6.07) is 8.34. The Bertz CT molecular complexity index is 631. The standard InChI is InChI=1S/C17H22N2OS/c1-17(2)9-13(18)16-14(10-17)19-15(21-16)8-11-4-6-12(20-3)7-5-11/h4-7,13H,8-10,18H2,1-3H3. The highest BCUT2D eigenvalue weighted by atomic mass is 32.1. The molecule has 2 N–H and O–H groups in total. The Balaban J connectivity index is 1.81. The van der Waals surface area contributed by atoms with Gasteiger partial charge in [0.1, 0.15) is 5.75 Å². The zero-order chi connectivity index (χ0) is 15.0. The second kappa shape index (κ2) is 5.43. The van der Waals surface area contributed by atoms with E-state index in [9.17, 15) is 0 Å². The van der Waals surface area contributed by atoms with Gasteiger partial charge in [0.05, 0.1) is 17.8 Å². The van der Waals surface area contributed by atoms with Gasteiger partial charge in [-0.2, -0.15) is 0 Å². The number of rotatable bonds is 3. The molecule has 0 saturated carbocycles. The molecule has 1 unspecified atom stereocenters. The van der Waals surface area contributed by atoms with Crippen LogP contribution in [0.3, 0.4) is 0 Å². The molecule has 0 aliphatic heterocycles. The Morgan fingerprint density at radius 3 is 2.71 bits per heavy atom. The number of ether oxygens (including phenoxy) is 1. The predicted octanol–water partition coefficient (Wildman–Crippen LogP) is 3.71. The Hall–Kier alpha value is -1.39. The number of fused-ring (bicyclic) bond motifs is 1. The summed E-state index contributed by atoms with van der Waals surface area (Å²) >= 11 is 1.78. The van der Waals surface area contributed by atoms with Gasteiger partial charge in [-0.3, -0.25) is 0 Å². The average Bonchev–Trinajstić information content (AvgIpc) is 2.81. The Morgan fingerprint density at radius 2 is 2.05 bits per heavy atom. The Labute approximate surface area is 130 Å². The van der Waals surface area contributed by atoms with Crippen molar-refractivity contribution in [3.63, 3.8) is 0 Å². The highest BCUT2D eigenvalue weighted by Crippen LogP contribution is 2.42. The number of nitrogens with zero attached hydrogens (tertiary/aromatic N) is 1. The van der Waals surface area contributed by atoms with E-state index < -0.39 is 0 Å². The first-order chi connectivity index (χ1) is 9.97. The maximum Gasteiger partial charge on any atom is 0.118 e. The summed E-state index contributed by atoms with van der Waals surface area (Å²) in [5.74, 6) is 0.890. The van der Waals surface area contributed by atoms with Crippen LogP contribution in [0.15, 0.2) is 24.3 Å². The smallest absolute Gasteiger partial charge is 0.118 e. The second-order valence-corrected chi connectivity index (χ2v) is 7.71. The van der Waals surface area contributed by atoms with Crippen LogP contribution in [0, 0.1) is 5.41 Å². The summed E-state index contributed by atoms with van der Waals surface area (Å²) in [7, 11) is 1.69. The molecule has 3 rings (SSSR count). The molecule has 0 radical (unpaired) electrons. The highest BCUT2D eigenvalue weighted by molar-refractivity contribution is 7.11. The minimum Gasteiger partial charge on any atom is -0.497 e. The van der Waals surface area contributed by atoms with Gasteiger partial charge in [-0.15, -0.1) is 11.3 Å². The van der Waals surface area contributed by atoms with Crippen molar-refractivity contribution in [3.05, 3.63) is 45.4 Å². The second-order valence-electron chi connectivity index (χ2n) is 6.60. The van der Waals surface area contributed by atoms with Crippen LogP contribution in [0.5, 0.6) is 5.75 Å². The first kappa shape index (κ1) is 14.5. The first-order valence-electron chi connectivity index (χ1n) is 7.34. The summed E-state index contributed by atoms with van der Waals surface area (Å²) in [5, 5.41) is 1.17. The SMILES string of the molecule is COc1ccc(Cc2nc3c(s2)C(N)CC(C)(C)C3)cc1. The summed E-state index contributed by atoms with van der Waals surface area (Å²) in [5.41, 5.74) is 9.06. The van der Waals surface area contributed by atoms with E-state index >= 15 is 0 Å². The lowest BCUT2D eigenvalue weighted by molar-refractivity contribution is 0.282. The fourth-order valence-electron chi connectivity index (χ4n) is 3.04. The van der Waals surface area contributed by atoms with E-state index in [-0.39, 0.29) is 11.5 Å². The molecule has 0 amide bonds. The number of benzene rings is 1. The molecule has 3 nitrogen and oxygen atoms in total. The van der Waals surface area contributed by atoms with E-state index in [1.807, 2.05) is 12.1 Å². The number of hydrogen-bond donors (Lipinski definition) is 1. The van der Waals surface area contributed by atoms with Gasteiger partial charge >= 0.3 is 0 Å². The predicted molar refractivity (Wildman–Crippen MR) is 86.9 cm³/mol. The minimum atomic E-state index is 0.144. The van der Waals surface area contributed by atoms with Crippen molar-refractivity contribution >= 4 is 11.3 Å². The van der Waals surface area contributed by atoms with Crippen LogP contribution in [0.2, 0.25) is 0 Å². The van der Waals surface area contributed by atoms with E-state index in [0.717, 1.165) is 25.0 Å². The molecule has 0 saturated heterocycles. The molecule has 1 aromatic heterocycles. The van der Waals surface area contributed by atoms with Crippen molar-refractivity contribution in [3.8, 4) is 5.75 Å². The molecule has 1 heterocycles. The molecule has 1 aliphatic rings. The summed E-state index contributed by atoms with van der Waals surface area (Å²) in [4.78, 5) is 6.13. The summed E-state index contributed by atoms with van der Waals surface area (Å²) in [6.45, 7) is 4.55. The normalized spacial score (nSPS) is 20.1. The third-order valence-corrected chi connectivity index (χ3v) is 5.27. The maximum atomic E-state index is 6.32. The van der Waals surface area contributed by atoms with Crippen LogP contribution in [0.1, 0.15) is 47.5 Å². The van der Waals surface area contributed by atoms with E-state index in [4.69, 9.17) is 15.5 Å². The summed E-state index contributed by atoms with van der Waals surface area (Å²) in [6.07, 6.45) is 2.95. The van der Waals surface area contributed by atoms with Crippen molar-refractivity contribution in [2.24, 2.45) is 11.1 Å². The van der Waals surface area contributed by atoms with Crippen LogP contribution < -0.4 is 10.5 Å². The zero-order valence-electron chi connectivity index (χ0n) is 12.8. The molecule has 0 bridgehead atoms. The number of nitrogens with two attached hydrogens (primary N) is 1. The Kier molecular flexibility index (Phi) is 3.76. The van der Waals surface area contributed by atoms with E-state index in [1.54, 1.807) is 18.4 Å². The molecule has 0 spiro atoms. The van der Waals surface area contributed by atoms with E-state index in [0.29, 0.717) is 0 Å². The van der Waals surface area contributed by atoms with Gasteiger partial charge in [-0.25, -0.2) is 4.98 Å². The van der Waals surface area contributed by atoms with Gasteiger partial charge in [0.15, 0.2) is 0 Å². The van der Waals surface area contributed by atoms with Crippen molar-refractivity contribution < 1.29 is 4.74 Å². The number of hydrogen-bond acceptors (Lipinski definition) is 4. The monoisotopic (exact) mass is 302 g/mol. The summed E-state index contributed by atoms with van der Waals surface area (Å²) < 4.78 is 5.19. The molecule has 1 atom stereocenters. The molecule has 4 heteroatoms. The van der Waals surface area contributed by atoms with Crippen molar-refractivity contribution in [2.45, 2.75) is 39.2 Å². The first-order valence-corrected chi connectivity index (χ1v) is 8.15. The molecule has 2 aromatic rings. The van der Waals surface area contributed by atoms with Crippen LogP contribution in [0.4, 0.5) is 0 Å². The Morgan fingerprint density at radius 1 is 1.33 bits per heavy atom. The van der Waals surface area contributed by atoms with Crippen molar-refractivity contribution in [1.82, 2.24) is 4.98 Å². The third-order valence-electron chi connectivity index (χ3n) is 4.04. The number of thiazole rings is 1. The number of methoxy groups -OCH3 is 1. The fraction of sp³-hybridized carbons (Fsp3) is 0.471. The highest BCUT2D eigenvalue weighted by Gasteiger charge is 2.33. The molecule has 1 aliphatic carbocycles. The topological polar surface area (TPSA) is 48.1 Å². The molecular weight excluding hydrogens is 280 g/mol. The molecule has 1 aromatic carbocycles. The molecule has 112 valence electrons. The average molecular weight is 302 g/mol. The lowest BCUT2D eigenvalue weighted by atomic mass is 9.77. The van der Waals surface area contributed by atoms with Crippen LogP contribution in [0.25, 0.3) is 0 Å². The van der Waals surface area contributed by atoms with E-state index in [2.05, 4.69) is 26.0 Å². The largest absolute Gasteiger partial charge is 0.497 e. The lowest BCUT2D eigenvalue weighted by Gasteiger charge is -2.32. The van der Waals surface area contributed by atoms with Gasteiger partial charge in [0.25, 0.3) is 0 Å².